The van der Waals surface area contributed by atoms with E-state index in [0.29, 0.717) is 0 Å². The Hall–Kier alpha value is -1.40. The average Bonchev–Trinajstić information content (AvgIpc) is 2.15. The quantitative estimate of drug-likeness (QED) is 0.731. The van der Waals surface area contributed by atoms with Crippen LogP contribution in [0.3, 0.4) is 0 Å². The molecule has 0 aliphatic heterocycles. The van der Waals surface area contributed by atoms with E-state index in [0.717, 1.165) is 13.5 Å². The van der Waals surface area contributed by atoms with Gasteiger partial charge < -0.3 is 15.1 Å². The molecule has 0 spiro atoms. The number of carboxylic acids is 2. The molecular formula is C12H26N2O4. The molecule has 0 aliphatic carbocycles. The highest BCUT2D eigenvalue weighted by Crippen LogP contribution is 1.88. The molecule has 0 fully saturated rings. The first-order chi connectivity index (χ1) is 8.06. The Morgan fingerprint density at radius 3 is 1.56 bits per heavy atom. The van der Waals surface area contributed by atoms with Crippen molar-refractivity contribution in [2.75, 3.05) is 34.7 Å². The molecule has 0 radical (unpaired) electrons. The van der Waals surface area contributed by atoms with Crippen molar-refractivity contribution in [3.63, 3.8) is 0 Å². The summed E-state index contributed by atoms with van der Waals surface area (Å²) in [5, 5.41) is 15.7. The summed E-state index contributed by atoms with van der Waals surface area (Å²) in [6, 6.07) is -0.380. The Morgan fingerprint density at radius 1 is 1.22 bits per heavy atom. The van der Waals surface area contributed by atoms with E-state index in [2.05, 4.69) is 11.5 Å². The first kappa shape index (κ1) is 21.8. The summed E-state index contributed by atoms with van der Waals surface area (Å²) < 4.78 is 0. The SMILES string of the molecule is C=CCN(C)C.CC(=O)O.CC(C(=O)O)N(C)C. The zero-order chi connectivity index (χ0) is 15.3. The van der Waals surface area contributed by atoms with Gasteiger partial charge in [-0.2, -0.15) is 0 Å². The molecule has 108 valence electrons. The van der Waals surface area contributed by atoms with Gasteiger partial charge in [0.1, 0.15) is 6.04 Å². The Kier molecular flexibility index (Phi) is 16.6. The van der Waals surface area contributed by atoms with Crippen molar-refractivity contribution in [3.8, 4) is 0 Å². The van der Waals surface area contributed by atoms with Crippen molar-refractivity contribution in [2.24, 2.45) is 0 Å². The van der Waals surface area contributed by atoms with Crippen molar-refractivity contribution in [1.29, 1.82) is 0 Å². The van der Waals surface area contributed by atoms with E-state index in [4.69, 9.17) is 15.0 Å². The lowest BCUT2D eigenvalue weighted by Gasteiger charge is -2.13. The molecule has 0 saturated heterocycles. The fourth-order valence-electron chi connectivity index (χ4n) is 0.479. The second-order valence-electron chi connectivity index (χ2n) is 4.05. The van der Waals surface area contributed by atoms with E-state index in [-0.39, 0.29) is 6.04 Å². The van der Waals surface area contributed by atoms with Gasteiger partial charge in [0.2, 0.25) is 0 Å². The molecular weight excluding hydrogens is 236 g/mol. The molecule has 2 N–H and O–H groups in total. The molecule has 1 atom stereocenters. The number of carbonyl (C=O) groups is 2. The third-order valence-corrected chi connectivity index (χ3v) is 1.63. The molecule has 18 heavy (non-hydrogen) atoms. The standard InChI is InChI=1S/C5H11NO2.C5H11N.C2H4O2/c1-4(5(7)8)6(2)3;1-4-5-6(2)3;1-2(3)4/h4H,1-3H3,(H,7,8);4H,1,5H2,2-3H3;1H3,(H,3,4). The number of likely N-dealkylation sites (N-methyl/N-ethyl adjacent to an activating group) is 2. The molecule has 0 aromatic heterocycles. The molecule has 0 bridgehead atoms. The fourth-order valence-corrected chi connectivity index (χ4v) is 0.479. The summed E-state index contributed by atoms with van der Waals surface area (Å²) in [7, 11) is 7.50. The minimum atomic E-state index is -0.833. The van der Waals surface area contributed by atoms with E-state index in [1.807, 2.05) is 20.2 Å². The Balaban J connectivity index is -0.000000200. The molecule has 6 heteroatoms. The van der Waals surface area contributed by atoms with Crippen molar-refractivity contribution in [1.82, 2.24) is 9.80 Å². The maximum atomic E-state index is 10.1. The van der Waals surface area contributed by atoms with Gasteiger partial charge in [-0.1, -0.05) is 6.08 Å². The topological polar surface area (TPSA) is 81.1 Å². The van der Waals surface area contributed by atoms with E-state index < -0.39 is 11.9 Å². The molecule has 0 rings (SSSR count). The fraction of sp³-hybridized carbons (Fsp3) is 0.667. The highest BCUT2D eigenvalue weighted by atomic mass is 16.4. The van der Waals surface area contributed by atoms with E-state index >= 15 is 0 Å². The van der Waals surface area contributed by atoms with Gasteiger partial charge in [0.05, 0.1) is 0 Å². The van der Waals surface area contributed by atoms with Crippen LogP contribution in [0.2, 0.25) is 0 Å². The van der Waals surface area contributed by atoms with Crippen LogP contribution in [0.25, 0.3) is 0 Å². The second-order valence-corrected chi connectivity index (χ2v) is 4.05. The van der Waals surface area contributed by atoms with Crippen LogP contribution in [0, 0.1) is 0 Å². The third kappa shape index (κ3) is 29.3. The number of nitrogens with zero attached hydrogens (tertiary/aromatic N) is 2. The maximum absolute atomic E-state index is 10.1. The van der Waals surface area contributed by atoms with Crippen LogP contribution in [0.1, 0.15) is 13.8 Å². The van der Waals surface area contributed by atoms with Gasteiger partial charge in [0.25, 0.3) is 5.97 Å². The van der Waals surface area contributed by atoms with Crippen LogP contribution in [0.15, 0.2) is 12.7 Å². The number of aliphatic carboxylic acids is 2. The van der Waals surface area contributed by atoms with Gasteiger partial charge >= 0.3 is 5.97 Å². The minimum Gasteiger partial charge on any atom is -0.481 e. The summed E-state index contributed by atoms with van der Waals surface area (Å²) in [6.45, 7) is 7.26. The molecule has 6 nitrogen and oxygen atoms in total. The van der Waals surface area contributed by atoms with Gasteiger partial charge in [-0.15, -0.1) is 6.58 Å². The summed E-state index contributed by atoms with van der Waals surface area (Å²) in [5.74, 6) is -1.62. The van der Waals surface area contributed by atoms with Gasteiger partial charge in [-0.3, -0.25) is 14.5 Å². The first-order valence-corrected chi connectivity index (χ1v) is 5.40. The van der Waals surface area contributed by atoms with Crippen LogP contribution >= 0.6 is 0 Å². The Labute approximate surface area is 110 Å². The minimum absolute atomic E-state index is 0.380. The molecule has 1 unspecified atom stereocenters. The average molecular weight is 262 g/mol. The molecule has 0 aliphatic rings. The lowest BCUT2D eigenvalue weighted by Crippen LogP contribution is -2.32. The van der Waals surface area contributed by atoms with Gasteiger partial charge in [-0.25, -0.2) is 0 Å². The number of rotatable bonds is 4. The summed E-state index contributed by atoms with van der Waals surface area (Å²) in [5.41, 5.74) is 0. The predicted octanol–water partition coefficient (Wildman–Crippen LogP) is 0.846. The van der Waals surface area contributed by atoms with Crippen molar-refractivity contribution >= 4 is 11.9 Å². The van der Waals surface area contributed by atoms with Crippen LogP contribution in [-0.4, -0.2) is 72.7 Å². The van der Waals surface area contributed by atoms with Gasteiger partial charge in [0.15, 0.2) is 0 Å². The zero-order valence-corrected chi connectivity index (χ0v) is 12.2. The predicted molar refractivity (Wildman–Crippen MR) is 72.8 cm³/mol. The summed E-state index contributed by atoms with van der Waals surface area (Å²) >= 11 is 0. The normalized spacial score (nSPS) is 10.7. The zero-order valence-electron chi connectivity index (χ0n) is 12.2. The highest BCUT2D eigenvalue weighted by molar-refractivity contribution is 5.72. The number of carboxylic acid groups (broad SMARTS) is 2. The van der Waals surface area contributed by atoms with E-state index in [1.165, 1.54) is 0 Å². The van der Waals surface area contributed by atoms with Crippen molar-refractivity contribution in [3.05, 3.63) is 12.7 Å². The van der Waals surface area contributed by atoms with Gasteiger partial charge in [0, 0.05) is 13.5 Å². The lowest BCUT2D eigenvalue weighted by atomic mass is 10.3. The smallest absolute Gasteiger partial charge is 0.320 e. The highest BCUT2D eigenvalue weighted by Gasteiger charge is 2.11. The Bertz CT molecular complexity index is 236. The monoisotopic (exact) mass is 262 g/mol. The largest absolute Gasteiger partial charge is 0.481 e. The van der Waals surface area contributed by atoms with Gasteiger partial charge in [-0.05, 0) is 35.1 Å². The molecule has 0 aromatic carbocycles. The summed E-state index contributed by atoms with van der Waals surface area (Å²) in [6.07, 6.45) is 1.88. The molecule has 0 heterocycles. The van der Waals surface area contributed by atoms with Crippen molar-refractivity contribution < 1.29 is 19.8 Å². The Morgan fingerprint density at radius 2 is 1.56 bits per heavy atom. The van der Waals surface area contributed by atoms with E-state index in [1.54, 1.807) is 25.9 Å². The van der Waals surface area contributed by atoms with Crippen LogP contribution in [-0.2, 0) is 9.59 Å². The molecule has 0 aromatic rings. The molecule has 0 amide bonds. The van der Waals surface area contributed by atoms with E-state index in [9.17, 15) is 4.79 Å². The van der Waals surface area contributed by atoms with Crippen molar-refractivity contribution in [2.45, 2.75) is 19.9 Å². The maximum Gasteiger partial charge on any atom is 0.320 e. The first-order valence-electron chi connectivity index (χ1n) is 5.40. The lowest BCUT2D eigenvalue weighted by molar-refractivity contribution is -0.141. The van der Waals surface area contributed by atoms with Crippen LogP contribution < -0.4 is 0 Å². The third-order valence-electron chi connectivity index (χ3n) is 1.63. The number of hydrogen-bond acceptors (Lipinski definition) is 4. The van der Waals surface area contributed by atoms with Crippen LogP contribution in [0.5, 0.6) is 0 Å². The number of hydrogen-bond donors (Lipinski definition) is 2. The summed E-state index contributed by atoms with van der Waals surface area (Å²) in [4.78, 5) is 22.8. The van der Waals surface area contributed by atoms with Crippen LogP contribution in [0.4, 0.5) is 0 Å². The second kappa shape index (κ2) is 13.7. The molecule has 0 saturated carbocycles.